The van der Waals surface area contributed by atoms with Gasteiger partial charge < -0.3 is 9.84 Å². The van der Waals surface area contributed by atoms with Crippen LogP contribution in [0.5, 0.6) is 5.75 Å². The zero-order valence-corrected chi connectivity index (χ0v) is 10.7. The van der Waals surface area contributed by atoms with Gasteiger partial charge in [0.1, 0.15) is 11.3 Å². The monoisotopic (exact) mass is 275 g/mol. The van der Waals surface area contributed by atoms with E-state index in [1.807, 2.05) is 0 Å². The number of benzene rings is 1. The number of carboxylic acids is 1. The summed E-state index contributed by atoms with van der Waals surface area (Å²) in [5.74, 6) is -1.16. The highest BCUT2D eigenvalue weighted by atomic mass is 32.2. The van der Waals surface area contributed by atoms with Crippen molar-refractivity contribution >= 4 is 16.0 Å². The molecule has 7 nitrogen and oxygen atoms in total. The number of ether oxygens (including phenoxy) is 1. The zero-order chi connectivity index (χ0) is 13.8. The highest BCUT2D eigenvalue weighted by molar-refractivity contribution is 7.89. The third-order valence-electron chi connectivity index (χ3n) is 1.98. The number of hydrogen-bond acceptors (Lipinski definition) is 5. The molecule has 1 aromatic rings. The van der Waals surface area contributed by atoms with Gasteiger partial charge in [0.15, 0.2) is 0 Å². The third kappa shape index (κ3) is 3.19. The minimum atomic E-state index is -3.89. The molecule has 2 N–H and O–H groups in total. The van der Waals surface area contributed by atoms with E-state index in [1.54, 1.807) is 11.8 Å². The van der Waals surface area contributed by atoms with E-state index in [9.17, 15) is 13.2 Å². The summed E-state index contributed by atoms with van der Waals surface area (Å²) in [6.07, 6.45) is 0. The summed E-state index contributed by atoms with van der Waals surface area (Å²) in [7, 11) is -2.75. The lowest BCUT2D eigenvalue weighted by atomic mass is 10.2. The number of carbonyl (C=O) groups is 1. The zero-order valence-electron chi connectivity index (χ0n) is 9.84. The lowest BCUT2D eigenvalue weighted by Gasteiger charge is -2.09. The predicted octanol–water partition coefficient (Wildman–Crippen LogP) is 0.623. The average Bonchev–Trinajstić information content (AvgIpc) is 2.29. The molecule has 1 rings (SSSR count). The van der Waals surface area contributed by atoms with Gasteiger partial charge in [0.25, 0.3) is 10.0 Å². The molecule has 0 aliphatic heterocycles. The Bertz CT molecular complexity index is 539. The second-order valence-corrected chi connectivity index (χ2v) is 4.83. The normalized spacial score (nSPS) is 11.2. The van der Waals surface area contributed by atoms with Crippen LogP contribution in [0.4, 0.5) is 0 Å². The number of rotatable bonds is 6. The van der Waals surface area contributed by atoms with Crippen LogP contribution in [0.25, 0.3) is 0 Å². The van der Waals surface area contributed by atoms with Gasteiger partial charge in [-0.05, 0) is 25.1 Å². The van der Waals surface area contributed by atoms with E-state index in [-0.39, 0.29) is 22.8 Å². The number of carboxylic acid groups (broad SMARTS) is 1. The van der Waals surface area contributed by atoms with Crippen molar-refractivity contribution in [2.75, 3.05) is 13.7 Å². The number of aromatic carboxylic acids is 1. The largest absolute Gasteiger partial charge is 0.493 e. The second-order valence-electron chi connectivity index (χ2n) is 3.19. The van der Waals surface area contributed by atoms with Crippen LogP contribution in [-0.4, -0.2) is 33.2 Å². The summed E-state index contributed by atoms with van der Waals surface area (Å²) >= 11 is 0. The van der Waals surface area contributed by atoms with Gasteiger partial charge in [-0.1, -0.05) is 4.89 Å². The average molecular weight is 275 g/mol. The molecule has 0 bridgehead atoms. The third-order valence-corrected chi connectivity index (χ3v) is 3.25. The quantitative estimate of drug-likeness (QED) is 0.738. The molecule has 0 aliphatic carbocycles. The van der Waals surface area contributed by atoms with Gasteiger partial charge in [-0.15, -0.1) is 0 Å². The Labute approximate surface area is 104 Å². The predicted molar refractivity (Wildman–Crippen MR) is 61.9 cm³/mol. The SMILES string of the molecule is CCOc1ccc(S(=O)(=O)NOC)cc1C(=O)O. The lowest BCUT2D eigenvalue weighted by Crippen LogP contribution is -2.22. The molecule has 100 valence electrons. The molecule has 0 amide bonds. The van der Waals surface area contributed by atoms with Gasteiger partial charge in [0.2, 0.25) is 0 Å². The Morgan fingerprint density at radius 2 is 2.11 bits per heavy atom. The number of sulfonamides is 1. The number of hydrogen-bond donors (Lipinski definition) is 2. The molecule has 18 heavy (non-hydrogen) atoms. The molecule has 0 aliphatic rings. The Kier molecular flexibility index (Phi) is 4.65. The van der Waals surface area contributed by atoms with Crippen molar-refractivity contribution in [3.05, 3.63) is 23.8 Å². The van der Waals surface area contributed by atoms with Gasteiger partial charge in [0, 0.05) is 0 Å². The number of nitrogens with one attached hydrogen (secondary N) is 1. The first-order valence-corrected chi connectivity index (χ1v) is 6.45. The van der Waals surface area contributed by atoms with Crippen LogP contribution in [0.2, 0.25) is 0 Å². The fourth-order valence-electron chi connectivity index (χ4n) is 1.28. The first kappa shape index (κ1) is 14.4. The van der Waals surface area contributed by atoms with Gasteiger partial charge in [-0.25, -0.2) is 13.2 Å². The maximum absolute atomic E-state index is 11.6. The highest BCUT2D eigenvalue weighted by Crippen LogP contribution is 2.22. The van der Waals surface area contributed by atoms with Crippen LogP contribution >= 0.6 is 0 Å². The Balaban J connectivity index is 3.27. The van der Waals surface area contributed by atoms with Crippen LogP contribution in [0.15, 0.2) is 23.1 Å². The van der Waals surface area contributed by atoms with Crippen LogP contribution in [0.3, 0.4) is 0 Å². The standard InChI is InChI=1S/C10H13NO6S/c1-3-17-9-5-4-7(6-8(9)10(12)13)18(14,15)11-16-2/h4-6,11H,3H2,1-2H3,(H,12,13). The van der Waals surface area contributed by atoms with Gasteiger partial charge >= 0.3 is 5.97 Å². The van der Waals surface area contributed by atoms with E-state index >= 15 is 0 Å². The van der Waals surface area contributed by atoms with Gasteiger partial charge in [-0.3, -0.25) is 4.84 Å². The molecule has 0 saturated heterocycles. The van der Waals surface area contributed by atoms with Crippen LogP contribution < -0.4 is 9.62 Å². The van der Waals surface area contributed by atoms with Crippen molar-refractivity contribution in [1.29, 1.82) is 0 Å². The molecule has 8 heteroatoms. The van der Waals surface area contributed by atoms with E-state index in [2.05, 4.69) is 4.84 Å². The second kappa shape index (κ2) is 5.80. The molecule has 0 radical (unpaired) electrons. The fraction of sp³-hybridized carbons (Fsp3) is 0.300. The molecule has 0 fully saturated rings. The summed E-state index contributed by atoms with van der Waals surface area (Å²) < 4.78 is 28.3. The highest BCUT2D eigenvalue weighted by Gasteiger charge is 2.19. The fourth-order valence-corrected chi connectivity index (χ4v) is 2.12. The maximum atomic E-state index is 11.6. The lowest BCUT2D eigenvalue weighted by molar-refractivity contribution is 0.0692. The van der Waals surface area contributed by atoms with Gasteiger partial charge in [0.05, 0.1) is 18.6 Å². The Morgan fingerprint density at radius 3 is 2.61 bits per heavy atom. The summed E-state index contributed by atoms with van der Waals surface area (Å²) in [6.45, 7) is 1.98. The topological polar surface area (TPSA) is 102 Å². The van der Waals surface area contributed by atoms with Crippen LogP contribution in [0.1, 0.15) is 17.3 Å². The van der Waals surface area contributed by atoms with Crippen LogP contribution in [-0.2, 0) is 14.9 Å². The first-order valence-electron chi connectivity index (χ1n) is 4.97. The molecular weight excluding hydrogens is 262 g/mol. The van der Waals surface area contributed by atoms with Crippen molar-refractivity contribution in [1.82, 2.24) is 4.89 Å². The Morgan fingerprint density at radius 1 is 1.44 bits per heavy atom. The van der Waals surface area contributed by atoms with E-state index in [1.165, 1.54) is 12.1 Å². The van der Waals surface area contributed by atoms with Crippen molar-refractivity contribution in [2.24, 2.45) is 0 Å². The maximum Gasteiger partial charge on any atom is 0.339 e. The van der Waals surface area contributed by atoms with Crippen molar-refractivity contribution in [2.45, 2.75) is 11.8 Å². The molecule has 0 unspecified atom stereocenters. The minimum absolute atomic E-state index is 0.112. The van der Waals surface area contributed by atoms with E-state index in [0.717, 1.165) is 13.2 Å². The summed E-state index contributed by atoms with van der Waals surface area (Å²) in [5, 5.41) is 8.99. The van der Waals surface area contributed by atoms with E-state index < -0.39 is 16.0 Å². The first-order chi connectivity index (χ1) is 8.42. The molecular formula is C10H13NO6S. The van der Waals surface area contributed by atoms with Crippen LogP contribution in [0, 0.1) is 0 Å². The molecule has 1 aromatic carbocycles. The van der Waals surface area contributed by atoms with Crippen molar-refractivity contribution in [3.8, 4) is 5.75 Å². The molecule has 0 aromatic heterocycles. The molecule has 0 saturated carbocycles. The summed E-state index contributed by atoms with van der Waals surface area (Å²) in [4.78, 5) is 16.9. The van der Waals surface area contributed by atoms with Gasteiger partial charge in [-0.2, -0.15) is 0 Å². The van der Waals surface area contributed by atoms with Crippen molar-refractivity contribution < 1.29 is 27.9 Å². The molecule has 0 heterocycles. The van der Waals surface area contributed by atoms with E-state index in [0.29, 0.717) is 0 Å². The molecule has 0 spiro atoms. The smallest absolute Gasteiger partial charge is 0.339 e. The summed E-state index contributed by atoms with van der Waals surface area (Å²) in [5.41, 5.74) is -0.226. The van der Waals surface area contributed by atoms with Crippen molar-refractivity contribution in [3.63, 3.8) is 0 Å². The molecule has 0 atom stereocenters. The Hall–Kier alpha value is -1.64. The minimum Gasteiger partial charge on any atom is -0.493 e. The van der Waals surface area contributed by atoms with E-state index in [4.69, 9.17) is 9.84 Å². The summed E-state index contributed by atoms with van der Waals surface area (Å²) in [6, 6.07) is 3.53.